The van der Waals surface area contributed by atoms with Crippen molar-refractivity contribution in [2.45, 2.75) is 158 Å². The molecule has 2 fully saturated rings. The van der Waals surface area contributed by atoms with Gasteiger partial charge in [0.15, 0.2) is 0 Å². The van der Waals surface area contributed by atoms with Crippen molar-refractivity contribution in [1.82, 2.24) is 0 Å². The Morgan fingerprint density at radius 1 is 0.571 bits per heavy atom. The molecule has 2 N–H and O–H groups in total. The van der Waals surface area contributed by atoms with E-state index in [1.165, 1.54) is 12.8 Å². The van der Waals surface area contributed by atoms with Crippen LogP contribution in [0.25, 0.3) is 0 Å². The van der Waals surface area contributed by atoms with Gasteiger partial charge in [-0.25, -0.2) is 0 Å². The average Bonchev–Trinajstić information content (AvgIpc) is 2.83. The van der Waals surface area contributed by atoms with Crippen molar-refractivity contribution in [3.05, 3.63) is 0 Å². The van der Waals surface area contributed by atoms with Crippen LogP contribution in [0, 0.1) is 10.8 Å². The van der Waals surface area contributed by atoms with Crippen molar-refractivity contribution in [2.75, 3.05) is 13.2 Å². The van der Waals surface area contributed by atoms with Crippen molar-refractivity contribution in [3.63, 3.8) is 0 Å². The molecule has 0 aromatic rings. The van der Waals surface area contributed by atoms with E-state index in [-0.39, 0.29) is 24.0 Å². The highest BCUT2D eigenvalue weighted by molar-refractivity contribution is 7.86. The minimum Gasteiger partial charge on any atom is -0.396 e. The minimum absolute atomic E-state index is 0.00327. The van der Waals surface area contributed by atoms with E-state index >= 15 is 0 Å². The zero-order valence-electron chi connectivity index (χ0n) is 23.3. The molecule has 6 atom stereocenters. The Morgan fingerprint density at radius 3 is 1.20 bits per heavy atom. The van der Waals surface area contributed by atoms with E-state index in [4.69, 9.17) is 0 Å². The number of aliphatic hydroxyl groups is 2. The fraction of sp³-hybridized carbons (Fsp3) is 1.00. The highest BCUT2D eigenvalue weighted by Crippen LogP contribution is 2.33. The molecular formula is C29H56O4S2. The van der Waals surface area contributed by atoms with Gasteiger partial charge in [0.1, 0.15) is 0 Å². The predicted octanol–water partition coefficient (Wildman–Crippen LogP) is 6.65. The first-order valence-electron chi connectivity index (χ1n) is 14.6. The second kappa shape index (κ2) is 15.6. The van der Waals surface area contributed by atoms with Gasteiger partial charge in [-0.1, -0.05) is 72.6 Å². The van der Waals surface area contributed by atoms with Gasteiger partial charge in [-0.15, -0.1) is 0 Å². The highest BCUT2D eigenvalue weighted by atomic mass is 32.2. The SMILES string of the molecule is CC(C)(CO)CCCCC1CCCC(CCCC2CCCC(CCCCC(C)(C)CO)S2=O)S1=O. The molecule has 4 nitrogen and oxygen atoms in total. The summed E-state index contributed by atoms with van der Waals surface area (Å²) in [4.78, 5) is 0. The van der Waals surface area contributed by atoms with Crippen LogP contribution in [-0.2, 0) is 21.6 Å². The molecule has 6 heteroatoms. The average molecular weight is 533 g/mol. The molecule has 0 aromatic carbocycles. The van der Waals surface area contributed by atoms with E-state index in [9.17, 15) is 18.6 Å². The maximum atomic E-state index is 13.2. The van der Waals surface area contributed by atoms with Crippen molar-refractivity contribution < 1.29 is 18.6 Å². The second-order valence-electron chi connectivity index (χ2n) is 13.1. The summed E-state index contributed by atoms with van der Waals surface area (Å²) in [6.45, 7) is 8.93. The molecule has 0 spiro atoms. The predicted molar refractivity (Wildman–Crippen MR) is 152 cm³/mol. The Kier molecular flexibility index (Phi) is 14.0. The zero-order chi connectivity index (χ0) is 25.9. The Bertz CT molecular complexity index is 595. The smallest absolute Gasteiger partial charge is 0.0482 e. The number of unbranched alkanes of at least 4 members (excludes halogenated alkanes) is 2. The van der Waals surface area contributed by atoms with Gasteiger partial charge in [-0.3, -0.25) is 8.42 Å². The Balaban J connectivity index is 1.68. The van der Waals surface area contributed by atoms with Gasteiger partial charge in [0.25, 0.3) is 0 Å². The van der Waals surface area contributed by atoms with E-state index in [2.05, 4.69) is 27.7 Å². The summed E-state index contributed by atoms with van der Waals surface area (Å²) in [6.07, 6.45) is 18.6. The molecule has 2 rings (SSSR count). The maximum absolute atomic E-state index is 13.2. The summed E-state index contributed by atoms with van der Waals surface area (Å²) >= 11 is 0. The van der Waals surface area contributed by atoms with Gasteiger partial charge in [-0.05, 0) is 75.0 Å². The maximum Gasteiger partial charge on any atom is 0.0482 e. The summed E-state index contributed by atoms with van der Waals surface area (Å²) in [5, 5.41) is 20.3. The number of rotatable bonds is 16. The molecule has 2 saturated heterocycles. The largest absolute Gasteiger partial charge is 0.396 e. The lowest BCUT2D eigenvalue weighted by Gasteiger charge is -2.31. The van der Waals surface area contributed by atoms with Gasteiger partial charge >= 0.3 is 0 Å². The fourth-order valence-corrected chi connectivity index (χ4v) is 10.2. The van der Waals surface area contributed by atoms with Crippen LogP contribution in [0.2, 0.25) is 0 Å². The van der Waals surface area contributed by atoms with Crippen LogP contribution in [0.1, 0.15) is 137 Å². The monoisotopic (exact) mass is 532 g/mol. The Hall–Kier alpha value is 0.220. The molecule has 0 saturated carbocycles. The van der Waals surface area contributed by atoms with Crippen molar-refractivity contribution >= 4 is 21.6 Å². The standard InChI is InChI=1S/C29H56O4S2/c1-28(2,22-30)20-7-5-12-24-14-9-16-26(34(24)32)18-11-19-27-17-10-15-25(35(27)33)13-6-8-21-29(3,4)23-31/h24-27,30-31H,5-23H2,1-4H3. The molecule has 208 valence electrons. The highest BCUT2D eigenvalue weighted by Gasteiger charge is 2.32. The quantitative estimate of drug-likeness (QED) is 0.218. The topological polar surface area (TPSA) is 74.6 Å². The van der Waals surface area contributed by atoms with Crippen molar-refractivity contribution in [1.29, 1.82) is 0 Å². The summed E-state index contributed by atoms with van der Waals surface area (Å²) in [5.74, 6) is 0. The molecule has 0 aliphatic carbocycles. The number of aliphatic hydroxyl groups excluding tert-OH is 2. The first-order valence-corrected chi connectivity index (χ1v) is 17.1. The van der Waals surface area contributed by atoms with Crippen LogP contribution in [0.4, 0.5) is 0 Å². The third-order valence-electron chi connectivity index (χ3n) is 8.59. The van der Waals surface area contributed by atoms with E-state index < -0.39 is 21.6 Å². The lowest BCUT2D eigenvalue weighted by Crippen LogP contribution is -2.33. The molecule has 0 amide bonds. The molecular weight excluding hydrogens is 476 g/mol. The third-order valence-corrected chi connectivity index (χ3v) is 13.1. The summed E-state index contributed by atoms with van der Waals surface area (Å²) in [6, 6.07) is 0. The number of hydrogen-bond acceptors (Lipinski definition) is 4. The van der Waals surface area contributed by atoms with E-state index in [0.29, 0.717) is 21.0 Å². The lowest BCUT2D eigenvalue weighted by atomic mass is 9.88. The third kappa shape index (κ3) is 11.2. The van der Waals surface area contributed by atoms with Gasteiger partial charge in [0, 0.05) is 55.8 Å². The fourth-order valence-electron chi connectivity index (χ4n) is 5.88. The minimum atomic E-state index is -0.721. The van der Waals surface area contributed by atoms with Crippen LogP contribution in [0.15, 0.2) is 0 Å². The first-order chi connectivity index (χ1) is 16.6. The lowest BCUT2D eigenvalue weighted by molar-refractivity contribution is 0.147. The molecule has 0 bridgehead atoms. The summed E-state index contributed by atoms with van der Waals surface area (Å²) < 4.78 is 26.4. The van der Waals surface area contributed by atoms with Crippen LogP contribution in [0.3, 0.4) is 0 Å². The molecule has 2 aliphatic rings. The molecule has 35 heavy (non-hydrogen) atoms. The summed E-state index contributed by atoms with van der Waals surface area (Å²) in [7, 11) is -1.44. The van der Waals surface area contributed by atoms with Crippen molar-refractivity contribution in [2.24, 2.45) is 10.8 Å². The van der Waals surface area contributed by atoms with Gasteiger partial charge in [0.05, 0.1) is 0 Å². The van der Waals surface area contributed by atoms with Crippen LogP contribution >= 0.6 is 0 Å². The molecule has 2 heterocycles. The Labute approximate surface area is 221 Å². The second-order valence-corrected chi connectivity index (χ2v) is 17.1. The first kappa shape index (κ1) is 31.4. The molecule has 0 aromatic heterocycles. The molecule has 0 radical (unpaired) electrons. The zero-order valence-corrected chi connectivity index (χ0v) is 24.9. The van der Waals surface area contributed by atoms with Crippen molar-refractivity contribution in [3.8, 4) is 0 Å². The van der Waals surface area contributed by atoms with Gasteiger partial charge in [0.2, 0.25) is 0 Å². The molecule has 6 unspecified atom stereocenters. The normalized spacial score (nSPS) is 30.5. The Morgan fingerprint density at radius 2 is 0.886 bits per heavy atom. The van der Waals surface area contributed by atoms with Crippen LogP contribution in [0.5, 0.6) is 0 Å². The van der Waals surface area contributed by atoms with Crippen LogP contribution in [-0.4, -0.2) is 52.8 Å². The van der Waals surface area contributed by atoms with E-state index in [1.807, 2.05) is 0 Å². The molecule has 2 aliphatic heterocycles. The van der Waals surface area contributed by atoms with Gasteiger partial charge in [-0.2, -0.15) is 0 Å². The van der Waals surface area contributed by atoms with Gasteiger partial charge < -0.3 is 10.2 Å². The van der Waals surface area contributed by atoms with E-state index in [0.717, 1.165) is 96.3 Å². The van der Waals surface area contributed by atoms with Crippen LogP contribution < -0.4 is 0 Å². The summed E-state index contributed by atoms with van der Waals surface area (Å²) in [5.41, 5.74) is 0.00653. The van der Waals surface area contributed by atoms with E-state index in [1.54, 1.807) is 0 Å². The number of hydrogen-bond donors (Lipinski definition) is 2.